The molecule has 1 aliphatic rings. The van der Waals surface area contributed by atoms with E-state index in [2.05, 4.69) is 14.8 Å². The number of hydrogen-bond donors (Lipinski definition) is 0. The summed E-state index contributed by atoms with van der Waals surface area (Å²) in [5.74, 6) is -0.102. The Labute approximate surface area is 195 Å². The number of nitrogens with zero attached hydrogens (tertiary/aromatic N) is 4. The monoisotopic (exact) mass is 446 g/mol. The number of anilines is 1. The summed E-state index contributed by atoms with van der Waals surface area (Å²) in [6.45, 7) is 8.11. The van der Waals surface area contributed by atoms with Gasteiger partial charge in [-0.25, -0.2) is 4.39 Å². The van der Waals surface area contributed by atoms with Gasteiger partial charge in [-0.05, 0) is 43.2 Å². The lowest BCUT2D eigenvalue weighted by Gasteiger charge is -2.41. The van der Waals surface area contributed by atoms with Gasteiger partial charge in [-0.1, -0.05) is 42.5 Å². The van der Waals surface area contributed by atoms with Crippen molar-refractivity contribution in [2.45, 2.75) is 19.9 Å². The molecule has 0 bridgehead atoms. The van der Waals surface area contributed by atoms with Gasteiger partial charge in [0.2, 0.25) is 5.91 Å². The first kappa shape index (κ1) is 22.9. The van der Waals surface area contributed by atoms with Crippen molar-refractivity contribution >= 4 is 11.6 Å². The summed E-state index contributed by atoms with van der Waals surface area (Å²) in [6.07, 6.45) is 3.45. The van der Waals surface area contributed by atoms with Crippen LogP contribution in [0.3, 0.4) is 0 Å². The molecule has 0 saturated carbocycles. The molecule has 0 N–H and O–H groups in total. The Kier molecular flexibility index (Phi) is 7.35. The number of likely N-dealkylation sites (N-methyl/N-ethyl adjacent to an activating group) is 1. The van der Waals surface area contributed by atoms with Crippen LogP contribution < -0.4 is 4.90 Å². The molecule has 0 spiro atoms. The van der Waals surface area contributed by atoms with E-state index in [1.807, 2.05) is 73.3 Å². The van der Waals surface area contributed by atoms with Gasteiger partial charge in [-0.2, -0.15) is 0 Å². The van der Waals surface area contributed by atoms with Crippen molar-refractivity contribution in [2.24, 2.45) is 0 Å². The molecule has 1 saturated heterocycles. The maximum atomic E-state index is 15.0. The first-order chi connectivity index (χ1) is 16.1. The molecule has 0 aliphatic carbocycles. The molecule has 6 heteroatoms. The van der Waals surface area contributed by atoms with Crippen LogP contribution in [0.25, 0.3) is 11.1 Å². The zero-order valence-corrected chi connectivity index (χ0v) is 19.3. The van der Waals surface area contributed by atoms with Crippen molar-refractivity contribution < 1.29 is 9.18 Å². The lowest BCUT2D eigenvalue weighted by molar-refractivity contribution is -0.137. The fourth-order valence-corrected chi connectivity index (χ4v) is 4.55. The Balaban J connectivity index is 1.50. The number of carbonyl (C=O) groups excluding carboxylic acids is 1. The highest BCUT2D eigenvalue weighted by Gasteiger charge is 2.33. The van der Waals surface area contributed by atoms with E-state index in [1.165, 1.54) is 0 Å². The zero-order chi connectivity index (χ0) is 23.2. The largest absolute Gasteiger partial charge is 0.367 e. The molecule has 4 rings (SSSR count). The number of halogens is 1. The summed E-state index contributed by atoms with van der Waals surface area (Å²) in [4.78, 5) is 23.7. The average molecular weight is 447 g/mol. The fourth-order valence-electron chi connectivity index (χ4n) is 4.55. The molecule has 1 unspecified atom stereocenters. The van der Waals surface area contributed by atoms with Gasteiger partial charge >= 0.3 is 0 Å². The first-order valence-electron chi connectivity index (χ1n) is 11.6. The van der Waals surface area contributed by atoms with E-state index < -0.39 is 0 Å². The fraction of sp³-hybridized carbons (Fsp3) is 0.333. The molecule has 172 valence electrons. The molecule has 3 aromatic rings. The van der Waals surface area contributed by atoms with E-state index in [0.29, 0.717) is 45.0 Å². The summed E-state index contributed by atoms with van der Waals surface area (Å²) in [5.41, 5.74) is 3.33. The highest BCUT2D eigenvalue weighted by Crippen LogP contribution is 2.29. The number of amides is 1. The Morgan fingerprint density at radius 3 is 2.30 bits per heavy atom. The van der Waals surface area contributed by atoms with E-state index in [1.54, 1.807) is 18.5 Å². The maximum absolute atomic E-state index is 15.0. The molecule has 1 aromatic heterocycles. The van der Waals surface area contributed by atoms with Crippen molar-refractivity contribution in [3.05, 3.63) is 84.4 Å². The Bertz CT molecular complexity index is 1050. The van der Waals surface area contributed by atoms with Gasteiger partial charge in [0, 0.05) is 57.2 Å². The van der Waals surface area contributed by atoms with Gasteiger partial charge in [-0.3, -0.25) is 14.7 Å². The van der Waals surface area contributed by atoms with E-state index >= 15 is 4.39 Å². The highest BCUT2D eigenvalue weighted by molar-refractivity contribution is 5.83. The molecule has 1 aliphatic heterocycles. The van der Waals surface area contributed by atoms with Crippen LogP contribution in [0.1, 0.15) is 25.5 Å². The van der Waals surface area contributed by atoms with Gasteiger partial charge in [0.1, 0.15) is 11.9 Å². The number of carbonyl (C=O) groups is 1. The third kappa shape index (κ3) is 5.06. The number of aromatic nitrogens is 1. The number of benzene rings is 2. The minimum atomic E-state index is -0.314. The minimum absolute atomic E-state index is 0.131. The highest BCUT2D eigenvalue weighted by atomic mass is 19.1. The van der Waals surface area contributed by atoms with Gasteiger partial charge in [0.05, 0.1) is 5.69 Å². The number of hydrogen-bond acceptors (Lipinski definition) is 4. The Hall–Kier alpha value is -3.25. The third-order valence-electron chi connectivity index (χ3n) is 6.39. The van der Waals surface area contributed by atoms with Gasteiger partial charge in [0.15, 0.2) is 0 Å². The number of rotatable bonds is 7. The second kappa shape index (κ2) is 10.6. The predicted molar refractivity (Wildman–Crippen MR) is 131 cm³/mol. The second-order valence-corrected chi connectivity index (χ2v) is 8.25. The van der Waals surface area contributed by atoms with Gasteiger partial charge < -0.3 is 9.80 Å². The smallest absolute Gasteiger partial charge is 0.244 e. The van der Waals surface area contributed by atoms with Crippen molar-refractivity contribution in [3.63, 3.8) is 0 Å². The lowest BCUT2D eigenvalue weighted by Crippen LogP contribution is -2.51. The molecule has 2 aromatic carbocycles. The normalized spacial score (nSPS) is 15.3. The van der Waals surface area contributed by atoms with Crippen LogP contribution in [0.4, 0.5) is 10.1 Å². The van der Waals surface area contributed by atoms with E-state index in [4.69, 9.17) is 0 Å². The summed E-state index contributed by atoms with van der Waals surface area (Å²) in [7, 11) is 0. The van der Waals surface area contributed by atoms with Gasteiger partial charge in [0.25, 0.3) is 0 Å². The summed E-state index contributed by atoms with van der Waals surface area (Å²) in [5, 5.41) is 0. The van der Waals surface area contributed by atoms with Crippen molar-refractivity contribution in [1.82, 2.24) is 14.8 Å². The molecular weight excluding hydrogens is 415 g/mol. The molecule has 2 heterocycles. The van der Waals surface area contributed by atoms with Crippen LogP contribution in [0, 0.1) is 5.82 Å². The molecular formula is C27H31FN4O. The van der Waals surface area contributed by atoms with Crippen molar-refractivity contribution in [2.75, 3.05) is 44.2 Å². The second-order valence-electron chi connectivity index (χ2n) is 8.25. The average Bonchev–Trinajstić information content (AvgIpc) is 2.87. The number of piperazine rings is 1. The number of pyridine rings is 1. The topological polar surface area (TPSA) is 39.7 Å². The van der Waals surface area contributed by atoms with E-state index in [0.717, 1.165) is 16.7 Å². The summed E-state index contributed by atoms with van der Waals surface area (Å²) >= 11 is 0. The van der Waals surface area contributed by atoms with Crippen molar-refractivity contribution in [3.8, 4) is 11.1 Å². The van der Waals surface area contributed by atoms with Crippen molar-refractivity contribution in [1.29, 1.82) is 0 Å². The van der Waals surface area contributed by atoms with E-state index in [-0.39, 0.29) is 17.8 Å². The standard InChI is InChI=1S/C27H31FN4O/c1-3-30(4-2)27(33)26(21-9-6-5-7-10-21)32-17-15-31(16-18-32)25-13-12-22(19-24(25)28)23-11-8-14-29-20-23/h5-14,19-20,26H,3-4,15-18H2,1-2H3. The van der Waals surface area contributed by atoms with Crippen LogP contribution in [0.5, 0.6) is 0 Å². The SMILES string of the molecule is CCN(CC)C(=O)C(c1ccccc1)N1CCN(c2ccc(-c3cccnc3)cc2F)CC1. The summed E-state index contributed by atoms with van der Waals surface area (Å²) < 4.78 is 15.0. The Morgan fingerprint density at radius 2 is 1.70 bits per heavy atom. The molecule has 0 radical (unpaired) electrons. The molecule has 1 amide bonds. The molecule has 5 nitrogen and oxygen atoms in total. The molecule has 33 heavy (non-hydrogen) atoms. The Morgan fingerprint density at radius 1 is 0.970 bits per heavy atom. The van der Waals surface area contributed by atoms with Crippen LogP contribution in [-0.4, -0.2) is 60.0 Å². The van der Waals surface area contributed by atoms with Crippen LogP contribution in [0.15, 0.2) is 73.1 Å². The van der Waals surface area contributed by atoms with E-state index in [9.17, 15) is 4.79 Å². The minimum Gasteiger partial charge on any atom is -0.367 e. The maximum Gasteiger partial charge on any atom is 0.244 e. The third-order valence-corrected chi connectivity index (χ3v) is 6.39. The van der Waals surface area contributed by atoms with Crippen LogP contribution >= 0.6 is 0 Å². The molecule has 1 fully saturated rings. The van der Waals surface area contributed by atoms with Crippen LogP contribution in [-0.2, 0) is 4.79 Å². The lowest BCUT2D eigenvalue weighted by atomic mass is 10.0. The summed E-state index contributed by atoms with van der Waals surface area (Å²) in [6, 6.07) is 18.8. The predicted octanol–water partition coefficient (Wildman–Crippen LogP) is 4.62. The molecule has 1 atom stereocenters. The first-order valence-corrected chi connectivity index (χ1v) is 11.6. The van der Waals surface area contributed by atoms with Crippen LogP contribution in [0.2, 0.25) is 0 Å². The zero-order valence-electron chi connectivity index (χ0n) is 19.3. The quantitative estimate of drug-likeness (QED) is 0.531. The van der Waals surface area contributed by atoms with Gasteiger partial charge in [-0.15, -0.1) is 0 Å².